The molecule has 1 aliphatic heterocycles. The van der Waals surface area contributed by atoms with Crippen molar-refractivity contribution in [2.45, 2.75) is 26.7 Å². The molecule has 2 rings (SSSR count). The summed E-state index contributed by atoms with van der Waals surface area (Å²) in [6.45, 7) is 7.78. The smallest absolute Gasteiger partial charge is 0.254 e. The van der Waals surface area contributed by atoms with Gasteiger partial charge >= 0.3 is 0 Å². The van der Waals surface area contributed by atoms with Crippen LogP contribution in [0.5, 0.6) is 11.5 Å². The van der Waals surface area contributed by atoms with Crippen molar-refractivity contribution >= 4 is 18.3 Å². The van der Waals surface area contributed by atoms with Crippen molar-refractivity contribution in [3.63, 3.8) is 0 Å². The van der Waals surface area contributed by atoms with E-state index >= 15 is 0 Å². The lowest BCUT2D eigenvalue weighted by Gasteiger charge is -2.18. The number of carbonyl (C=O) groups excluding carboxylic acids is 1. The number of hydrogen-bond donors (Lipinski definition) is 1. The van der Waals surface area contributed by atoms with E-state index in [4.69, 9.17) is 9.47 Å². The third-order valence-electron chi connectivity index (χ3n) is 4.02. The Hall–Kier alpha value is -1.46. The highest BCUT2D eigenvalue weighted by atomic mass is 35.5. The highest BCUT2D eigenvalue weighted by molar-refractivity contribution is 5.95. The van der Waals surface area contributed by atoms with Gasteiger partial charge in [-0.15, -0.1) is 12.4 Å². The van der Waals surface area contributed by atoms with E-state index in [1.54, 1.807) is 0 Å². The van der Waals surface area contributed by atoms with Crippen molar-refractivity contribution < 1.29 is 14.3 Å². The first kappa shape index (κ1) is 20.6. The predicted octanol–water partition coefficient (Wildman–Crippen LogP) is 2.98. The molecule has 0 spiro atoms. The van der Waals surface area contributed by atoms with Gasteiger partial charge in [-0.3, -0.25) is 4.79 Å². The van der Waals surface area contributed by atoms with Gasteiger partial charge in [0.05, 0.1) is 13.2 Å². The van der Waals surface area contributed by atoms with Crippen LogP contribution < -0.4 is 14.8 Å². The summed E-state index contributed by atoms with van der Waals surface area (Å²) in [7, 11) is 1.95. The normalized spacial score (nSPS) is 16.6. The molecule has 1 unspecified atom stereocenters. The first-order valence-electron chi connectivity index (χ1n) is 8.53. The van der Waals surface area contributed by atoms with Gasteiger partial charge in [0.1, 0.15) is 0 Å². The number of nitrogens with one attached hydrogen (secondary N) is 1. The molecule has 1 N–H and O–H groups in total. The average molecular weight is 357 g/mol. The van der Waals surface area contributed by atoms with E-state index in [-0.39, 0.29) is 18.3 Å². The molecule has 1 aromatic rings. The van der Waals surface area contributed by atoms with Crippen molar-refractivity contribution in [3.05, 3.63) is 23.8 Å². The molecule has 1 fully saturated rings. The molecule has 0 radical (unpaired) electrons. The third kappa shape index (κ3) is 5.28. The standard InChI is InChI=1S/C18H28N2O3.ClH/c1-4-10-23-16-7-6-15(11-17(16)22-5-2)18(21)20-9-8-14(13-20)12-19-3;/h6-7,11,14,19H,4-5,8-10,12-13H2,1-3H3;1H. The third-order valence-corrected chi connectivity index (χ3v) is 4.02. The quantitative estimate of drug-likeness (QED) is 0.778. The molecule has 1 atom stereocenters. The van der Waals surface area contributed by atoms with Crippen LogP contribution in [0.1, 0.15) is 37.0 Å². The van der Waals surface area contributed by atoms with E-state index in [0.29, 0.717) is 36.2 Å². The maximum absolute atomic E-state index is 12.7. The molecule has 1 amide bonds. The zero-order valence-corrected chi connectivity index (χ0v) is 15.7. The Bertz CT molecular complexity index is 525. The molecular weight excluding hydrogens is 328 g/mol. The number of carbonyl (C=O) groups is 1. The predicted molar refractivity (Wildman–Crippen MR) is 98.6 cm³/mol. The Kier molecular flexibility index (Phi) is 8.93. The molecule has 0 bridgehead atoms. The number of benzene rings is 1. The van der Waals surface area contributed by atoms with Gasteiger partial charge < -0.3 is 19.7 Å². The molecule has 136 valence electrons. The van der Waals surface area contributed by atoms with Crippen LogP contribution in [0.2, 0.25) is 0 Å². The average Bonchev–Trinajstić information content (AvgIpc) is 3.02. The second kappa shape index (κ2) is 10.4. The Morgan fingerprint density at radius 2 is 2.08 bits per heavy atom. The number of rotatable bonds is 8. The Balaban J connectivity index is 0.00000288. The zero-order valence-electron chi connectivity index (χ0n) is 14.8. The number of ether oxygens (including phenoxy) is 2. The van der Waals surface area contributed by atoms with Gasteiger partial charge in [-0.05, 0) is 57.5 Å². The minimum atomic E-state index is 0. The maximum atomic E-state index is 12.7. The summed E-state index contributed by atoms with van der Waals surface area (Å²) in [5.74, 6) is 1.98. The Morgan fingerprint density at radius 3 is 2.75 bits per heavy atom. The van der Waals surface area contributed by atoms with Crippen molar-refractivity contribution in [3.8, 4) is 11.5 Å². The van der Waals surface area contributed by atoms with Crippen LogP contribution >= 0.6 is 12.4 Å². The fraction of sp³-hybridized carbons (Fsp3) is 0.611. The highest BCUT2D eigenvalue weighted by Crippen LogP contribution is 2.30. The van der Waals surface area contributed by atoms with E-state index in [1.807, 2.05) is 37.1 Å². The van der Waals surface area contributed by atoms with Crippen molar-refractivity contribution in [2.24, 2.45) is 5.92 Å². The van der Waals surface area contributed by atoms with Crippen molar-refractivity contribution in [1.82, 2.24) is 10.2 Å². The van der Waals surface area contributed by atoms with Gasteiger partial charge in [0, 0.05) is 18.7 Å². The number of amides is 1. The van der Waals surface area contributed by atoms with Crippen LogP contribution in [-0.4, -0.2) is 50.7 Å². The van der Waals surface area contributed by atoms with Gasteiger partial charge in [0.15, 0.2) is 11.5 Å². The summed E-state index contributed by atoms with van der Waals surface area (Å²) in [5, 5.41) is 3.19. The van der Waals surface area contributed by atoms with Crippen LogP contribution in [-0.2, 0) is 0 Å². The van der Waals surface area contributed by atoms with E-state index in [0.717, 1.165) is 32.5 Å². The van der Waals surface area contributed by atoms with E-state index in [2.05, 4.69) is 12.2 Å². The zero-order chi connectivity index (χ0) is 16.7. The summed E-state index contributed by atoms with van der Waals surface area (Å²) in [5.41, 5.74) is 0.669. The Labute approximate surface area is 151 Å². The second-order valence-corrected chi connectivity index (χ2v) is 5.91. The number of likely N-dealkylation sites (tertiary alicyclic amines) is 1. The Morgan fingerprint density at radius 1 is 1.29 bits per heavy atom. The number of nitrogens with zero attached hydrogens (tertiary/aromatic N) is 1. The van der Waals surface area contributed by atoms with Crippen LogP contribution in [0.15, 0.2) is 18.2 Å². The van der Waals surface area contributed by atoms with Gasteiger partial charge in [0.25, 0.3) is 5.91 Å². The molecule has 5 nitrogen and oxygen atoms in total. The largest absolute Gasteiger partial charge is 0.490 e. The molecule has 1 heterocycles. The van der Waals surface area contributed by atoms with Crippen molar-refractivity contribution in [1.29, 1.82) is 0 Å². The van der Waals surface area contributed by atoms with Crippen LogP contribution in [0.25, 0.3) is 0 Å². The van der Waals surface area contributed by atoms with Gasteiger partial charge in [-0.2, -0.15) is 0 Å². The summed E-state index contributed by atoms with van der Waals surface area (Å²) < 4.78 is 11.3. The van der Waals surface area contributed by atoms with Crippen LogP contribution in [0, 0.1) is 5.92 Å². The van der Waals surface area contributed by atoms with Crippen LogP contribution in [0.3, 0.4) is 0 Å². The topological polar surface area (TPSA) is 50.8 Å². The van der Waals surface area contributed by atoms with Gasteiger partial charge in [0.2, 0.25) is 0 Å². The van der Waals surface area contributed by atoms with E-state index in [9.17, 15) is 4.79 Å². The lowest BCUT2D eigenvalue weighted by molar-refractivity contribution is 0.0786. The molecule has 1 aliphatic rings. The first-order valence-corrected chi connectivity index (χ1v) is 8.53. The maximum Gasteiger partial charge on any atom is 0.254 e. The highest BCUT2D eigenvalue weighted by Gasteiger charge is 2.27. The first-order chi connectivity index (χ1) is 11.2. The lowest BCUT2D eigenvalue weighted by atomic mass is 10.1. The SMILES string of the molecule is CCCOc1ccc(C(=O)N2CCC(CNC)C2)cc1OCC.Cl. The van der Waals surface area contributed by atoms with Gasteiger partial charge in [-0.25, -0.2) is 0 Å². The molecule has 24 heavy (non-hydrogen) atoms. The van der Waals surface area contributed by atoms with E-state index in [1.165, 1.54) is 0 Å². The number of hydrogen-bond acceptors (Lipinski definition) is 4. The fourth-order valence-electron chi connectivity index (χ4n) is 2.90. The number of halogens is 1. The molecule has 6 heteroatoms. The van der Waals surface area contributed by atoms with Crippen molar-refractivity contribution in [2.75, 3.05) is 39.9 Å². The molecule has 1 aromatic carbocycles. The minimum absolute atomic E-state index is 0. The molecule has 0 aromatic heterocycles. The second-order valence-electron chi connectivity index (χ2n) is 5.91. The lowest BCUT2D eigenvalue weighted by Crippen LogP contribution is -2.30. The summed E-state index contributed by atoms with van der Waals surface area (Å²) in [6, 6.07) is 5.48. The molecule has 0 saturated carbocycles. The molecule has 1 saturated heterocycles. The molecular formula is C18H29ClN2O3. The summed E-state index contributed by atoms with van der Waals surface area (Å²) >= 11 is 0. The van der Waals surface area contributed by atoms with Crippen LogP contribution in [0.4, 0.5) is 0 Å². The summed E-state index contributed by atoms with van der Waals surface area (Å²) in [4.78, 5) is 14.6. The fourth-order valence-corrected chi connectivity index (χ4v) is 2.90. The molecule has 0 aliphatic carbocycles. The van der Waals surface area contributed by atoms with Gasteiger partial charge in [-0.1, -0.05) is 6.92 Å². The minimum Gasteiger partial charge on any atom is -0.490 e. The summed E-state index contributed by atoms with van der Waals surface area (Å²) in [6.07, 6.45) is 2.00. The monoisotopic (exact) mass is 356 g/mol. The van der Waals surface area contributed by atoms with E-state index < -0.39 is 0 Å².